The molecule has 1 N–H and O–H groups in total. The van der Waals surface area contributed by atoms with Gasteiger partial charge in [0.25, 0.3) is 0 Å². The first-order chi connectivity index (χ1) is 9.97. The van der Waals surface area contributed by atoms with Gasteiger partial charge in [-0.25, -0.2) is 8.78 Å². The Morgan fingerprint density at radius 2 is 2.14 bits per heavy atom. The molecule has 1 fully saturated rings. The summed E-state index contributed by atoms with van der Waals surface area (Å²) in [7, 11) is 0. The van der Waals surface area contributed by atoms with Gasteiger partial charge in [-0.2, -0.15) is 0 Å². The average molecular weight is 299 g/mol. The third kappa shape index (κ3) is 3.98. The second-order valence-electron chi connectivity index (χ2n) is 4.82. The zero-order valence-corrected chi connectivity index (χ0v) is 11.2. The van der Waals surface area contributed by atoms with E-state index in [4.69, 9.17) is 9.84 Å². The summed E-state index contributed by atoms with van der Waals surface area (Å²) in [5.74, 6) is -3.41. The second kappa shape index (κ2) is 6.62. The summed E-state index contributed by atoms with van der Waals surface area (Å²) >= 11 is 0. The minimum Gasteiger partial charge on any atom is -0.481 e. The zero-order valence-electron chi connectivity index (χ0n) is 11.2. The summed E-state index contributed by atoms with van der Waals surface area (Å²) in [4.78, 5) is 24.2. The SMILES string of the molecule is O=C(O)CC1CN(C(=O)Cc2cccc(F)c2F)CCO1. The van der Waals surface area contributed by atoms with Crippen LogP contribution in [0.1, 0.15) is 12.0 Å². The first-order valence-electron chi connectivity index (χ1n) is 6.51. The molecule has 0 aromatic heterocycles. The van der Waals surface area contributed by atoms with Gasteiger partial charge in [0.05, 0.1) is 25.6 Å². The molecule has 0 radical (unpaired) electrons. The summed E-state index contributed by atoms with van der Waals surface area (Å²) in [6, 6.07) is 3.68. The molecule has 0 aliphatic carbocycles. The lowest BCUT2D eigenvalue weighted by Crippen LogP contribution is -2.46. The number of hydrogen-bond donors (Lipinski definition) is 1. The van der Waals surface area contributed by atoms with E-state index in [2.05, 4.69) is 0 Å². The number of ether oxygens (including phenoxy) is 1. The molecule has 2 rings (SSSR count). The van der Waals surface area contributed by atoms with Crippen LogP contribution in [0.5, 0.6) is 0 Å². The molecule has 21 heavy (non-hydrogen) atoms. The van der Waals surface area contributed by atoms with Gasteiger partial charge in [-0.1, -0.05) is 12.1 Å². The van der Waals surface area contributed by atoms with Crippen molar-refractivity contribution in [3.8, 4) is 0 Å². The van der Waals surface area contributed by atoms with E-state index >= 15 is 0 Å². The van der Waals surface area contributed by atoms with Crippen molar-refractivity contribution in [2.24, 2.45) is 0 Å². The van der Waals surface area contributed by atoms with Crippen LogP contribution >= 0.6 is 0 Å². The molecule has 0 bridgehead atoms. The maximum absolute atomic E-state index is 13.5. The molecule has 1 unspecified atom stereocenters. The monoisotopic (exact) mass is 299 g/mol. The van der Waals surface area contributed by atoms with Gasteiger partial charge in [0.15, 0.2) is 11.6 Å². The van der Waals surface area contributed by atoms with E-state index in [1.165, 1.54) is 17.0 Å². The van der Waals surface area contributed by atoms with Crippen molar-refractivity contribution in [1.29, 1.82) is 0 Å². The minimum absolute atomic E-state index is 0.0127. The second-order valence-corrected chi connectivity index (χ2v) is 4.82. The summed E-state index contributed by atoms with van der Waals surface area (Å²) < 4.78 is 31.9. The molecule has 5 nitrogen and oxygen atoms in total. The third-order valence-electron chi connectivity index (χ3n) is 3.27. The standard InChI is InChI=1S/C14H15F2NO4/c15-11-3-1-2-9(14(11)16)6-12(18)17-4-5-21-10(8-17)7-13(19)20/h1-3,10H,4-8H2,(H,19,20). The van der Waals surface area contributed by atoms with Gasteiger partial charge in [0.2, 0.25) is 5.91 Å². The number of halogens is 2. The van der Waals surface area contributed by atoms with Crippen LogP contribution in [0.4, 0.5) is 8.78 Å². The number of carboxylic acid groups (broad SMARTS) is 1. The molecule has 1 atom stereocenters. The van der Waals surface area contributed by atoms with E-state index < -0.39 is 23.7 Å². The maximum Gasteiger partial charge on any atom is 0.306 e. The number of rotatable bonds is 4. The van der Waals surface area contributed by atoms with Gasteiger partial charge in [0, 0.05) is 18.7 Å². The third-order valence-corrected chi connectivity index (χ3v) is 3.27. The average Bonchev–Trinajstić information content (AvgIpc) is 2.43. The van der Waals surface area contributed by atoms with E-state index in [-0.39, 0.29) is 37.5 Å². The predicted octanol–water partition coefficient (Wildman–Crippen LogP) is 1.21. The van der Waals surface area contributed by atoms with E-state index in [9.17, 15) is 18.4 Å². The Labute approximate surface area is 120 Å². The van der Waals surface area contributed by atoms with Gasteiger partial charge in [-0.15, -0.1) is 0 Å². The lowest BCUT2D eigenvalue weighted by atomic mass is 10.1. The number of morpholine rings is 1. The van der Waals surface area contributed by atoms with Gasteiger partial charge in [-0.3, -0.25) is 9.59 Å². The lowest BCUT2D eigenvalue weighted by Gasteiger charge is -2.32. The molecule has 1 aliphatic heterocycles. The Kier molecular flexibility index (Phi) is 4.85. The van der Waals surface area contributed by atoms with E-state index in [1.807, 2.05) is 0 Å². The lowest BCUT2D eigenvalue weighted by molar-refractivity contribution is -0.147. The fourth-order valence-corrected chi connectivity index (χ4v) is 2.22. The van der Waals surface area contributed by atoms with Gasteiger partial charge in [-0.05, 0) is 6.07 Å². The largest absolute Gasteiger partial charge is 0.481 e. The van der Waals surface area contributed by atoms with Crippen molar-refractivity contribution in [1.82, 2.24) is 4.90 Å². The molecule has 0 saturated carbocycles. The highest BCUT2D eigenvalue weighted by molar-refractivity contribution is 5.79. The zero-order chi connectivity index (χ0) is 15.4. The fraction of sp³-hybridized carbons (Fsp3) is 0.429. The van der Waals surface area contributed by atoms with Crippen molar-refractivity contribution in [3.63, 3.8) is 0 Å². The van der Waals surface area contributed by atoms with Crippen molar-refractivity contribution in [2.45, 2.75) is 18.9 Å². The molecule has 1 aliphatic rings. The van der Waals surface area contributed by atoms with Crippen molar-refractivity contribution >= 4 is 11.9 Å². The molecule has 1 aromatic rings. The number of amides is 1. The van der Waals surface area contributed by atoms with Crippen LogP contribution < -0.4 is 0 Å². The molecule has 7 heteroatoms. The van der Waals surface area contributed by atoms with Crippen molar-refractivity contribution < 1.29 is 28.2 Å². The number of benzene rings is 1. The number of hydrogen-bond acceptors (Lipinski definition) is 3. The van der Waals surface area contributed by atoms with Crippen molar-refractivity contribution in [3.05, 3.63) is 35.4 Å². The van der Waals surface area contributed by atoms with Gasteiger partial charge in [0.1, 0.15) is 0 Å². The normalized spacial score (nSPS) is 18.6. The molecule has 1 aromatic carbocycles. The maximum atomic E-state index is 13.5. The smallest absolute Gasteiger partial charge is 0.306 e. The van der Waals surface area contributed by atoms with Gasteiger partial charge >= 0.3 is 5.97 Å². The van der Waals surface area contributed by atoms with Crippen molar-refractivity contribution in [2.75, 3.05) is 19.7 Å². The Hall–Kier alpha value is -2.02. The Morgan fingerprint density at radius 1 is 1.38 bits per heavy atom. The summed E-state index contributed by atoms with van der Waals surface area (Å²) in [5.41, 5.74) is -0.0127. The topological polar surface area (TPSA) is 66.8 Å². The summed E-state index contributed by atoms with van der Waals surface area (Å²) in [5, 5.41) is 8.72. The Balaban J connectivity index is 1.99. The molecule has 0 spiro atoms. The van der Waals surface area contributed by atoms with Gasteiger partial charge < -0.3 is 14.7 Å². The fourth-order valence-electron chi connectivity index (χ4n) is 2.22. The van der Waals surface area contributed by atoms with E-state index in [0.29, 0.717) is 6.54 Å². The summed E-state index contributed by atoms with van der Waals surface area (Å²) in [6.45, 7) is 0.684. The van der Waals surface area contributed by atoms with Crippen LogP contribution in [0.15, 0.2) is 18.2 Å². The highest BCUT2D eigenvalue weighted by Gasteiger charge is 2.26. The Bertz CT molecular complexity index is 550. The molecular formula is C14H15F2NO4. The molecular weight excluding hydrogens is 284 g/mol. The number of carbonyl (C=O) groups excluding carboxylic acids is 1. The first-order valence-corrected chi connectivity index (χ1v) is 6.51. The molecule has 1 heterocycles. The van der Waals surface area contributed by atoms with Crippen LogP contribution in [-0.2, 0) is 20.7 Å². The minimum atomic E-state index is -1.03. The molecule has 1 amide bonds. The number of carbonyl (C=O) groups is 2. The van der Waals surface area contributed by atoms with Crippen LogP contribution in [0.2, 0.25) is 0 Å². The highest BCUT2D eigenvalue weighted by Crippen LogP contribution is 2.15. The molecule has 1 saturated heterocycles. The first kappa shape index (κ1) is 15.4. The number of carboxylic acids is 1. The van der Waals surface area contributed by atoms with Crippen LogP contribution in [0, 0.1) is 11.6 Å². The Morgan fingerprint density at radius 3 is 2.86 bits per heavy atom. The van der Waals surface area contributed by atoms with Crippen LogP contribution in [-0.4, -0.2) is 47.7 Å². The highest BCUT2D eigenvalue weighted by atomic mass is 19.2. The predicted molar refractivity (Wildman–Crippen MR) is 68.6 cm³/mol. The summed E-state index contributed by atoms with van der Waals surface area (Å²) in [6.07, 6.45) is -1.03. The quantitative estimate of drug-likeness (QED) is 0.907. The van der Waals surface area contributed by atoms with Crippen LogP contribution in [0.25, 0.3) is 0 Å². The number of nitrogens with zero attached hydrogens (tertiary/aromatic N) is 1. The van der Waals surface area contributed by atoms with Crippen LogP contribution in [0.3, 0.4) is 0 Å². The molecule has 114 valence electrons. The van der Waals surface area contributed by atoms with E-state index in [0.717, 1.165) is 6.07 Å². The number of aliphatic carboxylic acids is 1. The van der Waals surface area contributed by atoms with E-state index in [1.54, 1.807) is 0 Å².